The molecule has 0 amide bonds. The molecule has 2 atom stereocenters. The number of hydrogen-bond acceptors (Lipinski definition) is 5. The van der Waals surface area contributed by atoms with E-state index in [1.165, 1.54) is 0 Å². The molecular weight excluding hydrogens is 247 g/mol. The molecule has 13 heteroatoms. The molecule has 8 N–H and O–H groups in total. The third-order valence-corrected chi connectivity index (χ3v) is 4.15. The summed E-state index contributed by atoms with van der Waals surface area (Å²) in [6.45, 7) is 0. The third kappa shape index (κ3) is 8.73. The molecule has 13 heavy (non-hydrogen) atoms. The van der Waals surface area contributed by atoms with Gasteiger partial charge in [0.1, 0.15) is 0 Å². The number of nitrogens with two attached hydrogens (primary N) is 3. The molecule has 0 aromatic carbocycles. The topological polar surface area (TPSA) is 188 Å². The Balaban J connectivity index is 4.54. The molecule has 0 spiro atoms. The van der Waals surface area contributed by atoms with Crippen LogP contribution in [0.3, 0.4) is 0 Å². The van der Waals surface area contributed by atoms with Crippen molar-refractivity contribution in [2.75, 3.05) is 0 Å². The summed E-state index contributed by atoms with van der Waals surface area (Å²) in [7, 11) is -14.1. The second-order valence-electron chi connectivity index (χ2n) is 1.83. The summed E-state index contributed by atoms with van der Waals surface area (Å²) in [5.74, 6) is 0. The van der Waals surface area contributed by atoms with Gasteiger partial charge in [0.25, 0.3) is 0 Å². The van der Waals surface area contributed by atoms with Crippen LogP contribution in [0.2, 0.25) is 0 Å². The Morgan fingerprint density at radius 1 is 0.846 bits per heavy atom. The molecule has 0 saturated heterocycles. The molecule has 0 rings (SSSR count). The fourth-order valence-corrected chi connectivity index (χ4v) is 3.34. The van der Waals surface area contributed by atoms with Crippen molar-refractivity contribution in [3.05, 3.63) is 0 Å². The van der Waals surface area contributed by atoms with Crippen LogP contribution in [0.1, 0.15) is 0 Å². The Kier molecular flexibility index (Phi) is 4.00. The molecule has 0 radical (unpaired) electrons. The van der Waals surface area contributed by atoms with E-state index in [0.29, 0.717) is 0 Å². The summed E-state index contributed by atoms with van der Waals surface area (Å²) in [4.78, 5) is 16.6. The quantitative estimate of drug-likeness (QED) is 0.397. The molecule has 0 aliphatic heterocycles. The maximum absolute atomic E-state index is 10.8. The zero-order chi connectivity index (χ0) is 10.9. The largest absolute Gasteiger partial charge is 0.419 e. The van der Waals surface area contributed by atoms with Crippen molar-refractivity contribution >= 4 is 23.2 Å². The Bertz CT molecular complexity index is 281. The monoisotopic (exact) mass is 255 g/mol. The van der Waals surface area contributed by atoms with E-state index in [0.717, 1.165) is 0 Å². The van der Waals surface area contributed by atoms with Gasteiger partial charge in [-0.2, -0.15) is 0 Å². The first-order chi connectivity index (χ1) is 5.41. The molecule has 80 valence electrons. The van der Waals surface area contributed by atoms with Crippen molar-refractivity contribution in [3.8, 4) is 0 Å². The van der Waals surface area contributed by atoms with Crippen molar-refractivity contribution in [1.82, 2.24) is 0 Å². The molecule has 0 fully saturated rings. The van der Waals surface area contributed by atoms with Gasteiger partial charge in [0.2, 0.25) is 0 Å². The van der Waals surface area contributed by atoms with E-state index in [1.807, 2.05) is 0 Å². The van der Waals surface area contributed by atoms with Crippen molar-refractivity contribution < 1.29 is 32.1 Å². The van der Waals surface area contributed by atoms with Gasteiger partial charge in [0.05, 0.1) is 0 Å². The van der Waals surface area contributed by atoms with E-state index in [-0.39, 0.29) is 0 Å². The predicted molar refractivity (Wildman–Crippen MR) is 42.0 cm³/mol. The van der Waals surface area contributed by atoms with Gasteiger partial charge >= 0.3 is 23.2 Å². The SMILES string of the molecule is NP(=O)(O)OP(N)(=O)OP(N)(=O)O. The van der Waals surface area contributed by atoms with Gasteiger partial charge in [0, 0.05) is 0 Å². The standard InChI is InChI=1S/H8N3O7P3/c1-11(4,5)9-13(3,8)10-12(2,6)7/h(H2,3,8)(H3,1,4,5)(H3,2,6,7). The van der Waals surface area contributed by atoms with Crippen LogP contribution >= 0.6 is 23.2 Å². The van der Waals surface area contributed by atoms with Crippen LogP contribution in [0.25, 0.3) is 0 Å². The maximum Gasteiger partial charge on any atom is 0.419 e. The fourth-order valence-electron chi connectivity index (χ4n) is 0.341. The minimum Gasteiger partial charge on any atom is -0.312 e. The van der Waals surface area contributed by atoms with Crippen LogP contribution in [-0.2, 0) is 22.3 Å². The van der Waals surface area contributed by atoms with Crippen LogP contribution in [0.15, 0.2) is 0 Å². The minimum absolute atomic E-state index is 3.59. The smallest absolute Gasteiger partial charge is 0.312 e. The predicted octanol–water partition coefficient (Wildman–Crippen LogP) is -0.795. The molecule has 2 unspecified atom stereocenters. The lowest BCUT2D eigenvalue weighted by atomic mass is 13.9. The van der Waals surface area contributed by atoms with E-state index >= 15 is 0 Å². The van der Waals surface area contributed by atoms with Crippen LogP contribution in [0.5, 0.6) is 0 Å². The second-order valence-corrected chi connectivity index (χ2v) is 6.47. The third-order valence-electron chi connectivity index (χ3n) is 0.462. The lowest BCUT2D eigenvalue weighted by Crippen LogP contribution is -2.07. The lowest BCUT2D eigenvalue weighted by Gasteiger charge is -2.14. The highest BCUT2D eigenvalue weighted by atomic mass is 31.3. The minimum atomic E-state index is -4.71. The molecule has 0 saturated carbocycles. The Morgan fingerprint density at radius 3 is 1.23 bits per heavy atom. The zero-order valence-electron chi connectivity index (χ0n) is 6.01. The van der Waals surface area contributed by atoms with Crippen LogP contribution in [0.4, 0.5) is 0 Å². The van der Waals surface area contributed by atoms with E-state index in [9.17, 15) is 13.7 Å². The highest BCUT2D eigenvalue weighted by Crippen LogP contribution is 2.60. The number of hydrogen-bond donors (Lipinski definition) is 5. The van der Waals surface area contributed by atoms with E-state index in [4.69, 9.17) is 9.79 Å². The van der Waals surface area contributed by atoms with E-state index in [2.05, 4.69) is 25.1 Å². The molecule has 0 aliphatic carbocycles. The summed E-state index contributed by atoms with van der Waals surface area (Å²) in [5, 5.41) is 0. The first-order valence-corrected chi connectivity index (χ1v) is 7.36. The van der Waals surface area contributed by atoms with Crippen molar-refractivity contribution in [1.29, 1.82) is 0 Å². The average molecular weight is 255 g/mol. The molecule has 0 aromatic heterocycles. The van der Waals surface area contributed by atoms with Gasteiger partial charge in [-0.1, -0.05) is 0 Å². The highest BCUT2D eigenvalue weighted by Gasteiger charge is 2.34. The van der Waals surface area contributed by atoms with Crippen molar-refractivity contribution in [2.45, 2.75) is 0 Å². The van der Waals surface area contributed by atoms with Gasteiger partial charge in [-0.15, -0.1) is 0 Å². The first kappa shape index (κ1) is 13.4. The molecule has 10 nitrogen and oxygen atoms in total. The van der Waals surface area contributed by atoms with Gasteiger partial charge in [0.15, 0.2) is 0 Å². The molecular formula is H8N3O7P3. The first-order valence-electron chi connectivity index (χ1n) is 2.45. The van der Waals surface area contributed by atoms with Crippen LogP contribution < -0.4 is 16.5 Å². The Morgan fingerprint density at radius 2 is 1.08 bits per heavy atom. The normalized spacial score (nSPS) is 25.6. The molecule has 0 aromatic rings. The zero-order valence-corrected chi connectivity index (χ0v) is 8.69. The van der Waals surface area contributed by atoms with E-state index < -0.39 is 23.2 Å². The van der Waals surface area contributed by atoms with Gasteiger partial charge in [-0.05, 0) is 0 Å². The summed E-state index contributed by atoms with van der Waals surface area (Å²) in [5.41, 5.74) is 13.3. The van der Waals surface area contributed by atoms with E-state index in [1.54, 1.807) is 0 Å². The van der Waals surface area contributed by atoms with Crippen LogP contribution in [-0.4, -0.2) is 9.79 Å². The van der Waals surface area contributed by atoms with Gasteiger partial charge in [-0.3, -0.25) is 0 Å². The summed E-state index contributed by atoms with van der Waals surface area (Å²) in [6, 6.07) is 0. The lowest BCUT2D eigenvalue weighted by molar-refractivity contribution is 0.316. The van der Waals surface area contributed by atoms with Gasteiger partial charge < -0.3 is 9.79 Å². The van der Waals surface area contributed by atoms with Crippen molar-refractivity contribution in [2.24, 2.45) is 16.5 Å². The Labute approximate surface area is 72.8 Å². The summed E-state index contributed by atoms with van der Waals surface area (Å²) < 4.78 is 38.5. The maximum atomic E-state index is 10.8. The highest BCUT2D eigenvalue weighted by molar-refractivity contribution is 7.69. The Hall–Kier alpha value is 0.410. The summed E-state index contributed by atoms with van der Waals surface area (Å²) >= 11 is 0. The second kappa shape index (κ2) is 3.88. The fraction of sp³-hybridized carbons (Fsp3) is 0. The summed E-state index contributed by atoms with van der Waals surface area (Å²) in [6.07, 6.45) is 0. The average Bonchev–Trinajstić information content (AvgIpc) is 1.43. The molecule has 0 aliphatic rings. The number of rotatable bonds is 4. The molecule has 0 heterocycles. The molecule has 0 bridgehead atoms. The van der Waals surface area contributed by atoms with Crippen molar-refractivity contribution in [3.63, 3.8) is 0 Å². The van der Waals surface area contributed by atoms with Gasteiger partial charge in [-0.25, -0.2) is 38.8 Å². The van der Waals surface area contributed by atoms with Crippen LogP contribution in [0, 0.1) is 0 Å².